The standard InChI is InChI=1S/C12H7Cl3O2/c13-8-1-2-10(14)7(5-8)6-11(16)9-3-4-17-12(9)15/h1-5H,6H2. The van der Waals surface area contributed by atoms with Gasteiger partial charge in [0.25, 0.3) is 0 Å². The molecule has 2 aromatic rings. The van der Waals surface area contributed by atoms with E-state index in [4.69, 9.17) is 39.2 Å². The van der Waals surface area contributed by atoms with E-state index in [1.54, 1.807) is 18.2 Å². The first-order chi connectivity index (χ1) is 8.08. The fourth-order valence-electron chi connectivity index (χ4n) is 1.44. The van der Waals surface area contributed by atoms with Crippen molar-refractivity contribution in [2.75, 3.05) is 0 Å². The second kappa shape index (κ2) is 5.13. The Bertz CT molecular complexity index is 561. The molecule has 2 nitrogen and oxygen atoms in total. The van der Waals surface area contributed by atoms with Gasteiger partial charge in [-0.15, -0.1) is 0 Å². The lowest BCUT2D eigenvalue weighted by atomic mass is 10.1. The Balaban J connectivity index is 2.24. The molecule has 0 aliphatic heterocycles. The van der Waals surface area contributed by atoms with Crippen molar-refractivity contribution < 1.29 is 9.21 Å². The minimum absolute atomic E-state index is 0.0909. The van der Waals surface area contributed by atoms with Gasteiger partial charge in [0.1, 0.15) is 0 Å². The molecule has 0 spiro atoms. The number of benzene rings is 1. The molecule has 88 valence electrons. The van der Waals surface area contributed by atoms with Crippen molar-refractivity contribution in [1.29, 1.82) is 0 Å². The minimum atomic E-state index is -0.159. The van der Waals surface area contributed by atoms with Gasteiger partial charge < -0.3 is 4.42 Å². The molecular weight excluding hydrogens is 282 g/mol. The van der Waals surface area contributed by atoms with E-state index in [0.29, 0.717) is 21.2 Å². The molecular formula is C12H7Cl3O2. The molecule has 0 aliphatic carbocycles. The molecule has 0 atom stereocenters. The van der Waals surface area contributed by atoms with Crippen molar-refractivity contribution in [2.24, 2.45) is 0 Å². The maximum Gasteiger partial charge on any atom is 0.203 e. The number of Topliss-reactive ketones (excluding diaryl/α,β-unsaturated/α-hetero) is 1. The average molecular weight is 290 g/mol. The topological polar surface area (TPSA) is 30.2 Å². The molecule has 0 bridgehead atoms. The van der Waals surface area contributed by atoms with Crippen LogP contribution in [0.15, 0.2) is 34.9 Å². The molecule has 0 saturated carbocycles. The number of halogens is 3. The number of carbonyl (C=O) groups is 1. The summed E-state index contributed by atoms with van der Waals surface area (Å²) in [5.74, 6) is -0.159. The Hall–Kier alpha value is -0.960. The first-order valence-electron chi connectivity index (χ1n) is 4.78. The van der Waals surface area contributed by atoms with Gasteiger partial charge in [-0.25, -0.2) is 0 Å². The molecule has 0 saturated heterocycles. The van der Waals surface area contributed by atoms with Gasteiger partial charge in [-0.3, -0.25) is 4.79 Å². The fourth-order valence-corrected chi connectivity index (χ4v) is 2.04. The third kappa shape index (κ3) is 2.83. The average Bonchev–Trinajstić information content (AvgIpc) is 2.70. The lowest BCUT2D eigenvalue weighted by Gasteiger charge is -2.03. The highest BCUT2D eigenvalue weighted by Gasteiger charge is 2.15. The summed E-state index contributed by atoms with van der Waals surface area (Å²) >= 11 is 17.5. The summed E-state index contributed by atoms with van der Waals surface area (Å²) in [5, 5.41) is 1.13. The van der Waals surface area contributed by atoms with Crippen LogP contribution in [0.3, 0.4) is 0 Å². The van der Waals surface area contributed by atoms with Crippen LogP contribution in [0.1, 0.15) is 15.9 Å². The van der Waals surface area contributed by atoms with Crippen LogP contribution in [0.25, 0.3) is 0 Å². The van der Waals surface area contributed by atoms with Crippen molar-refractivity contribution >= 4 is 40.6 Å². The van der Waals surface area contributed by atoms with Gasteiger partial charge in [-0.1, -0.05) is 23.2 Å². The van der Waals surface area contributed by atoms with Crippen LogP contribution in [-0.4, -0.2) is 5.78 Å². The monoisotopic (exact) mass is 288 g/mol. The lowest BCUT2D eigenvalue weighted by Crippen LogP contribution is -2.03. The summed E-state index contributed by atoms with van der Waals surface area (Å²) in [6, 6.07) is 6.52. The van der Waals surface area contributed by atoms with E-state index in [2.05, 4.69) is 0 Å². The predicted molar refractivity (Wildman–Crippen MR) is 68.2 cm³/mol. The summed E-state index contributed by atoms with van der Waals surface area (Å²) in [6.07, 6.45) is 1.51. The van der Waals surface area contributed by atoms with Crippen LogP contribution in [0.4, 0.5) is 0 Å². The third-order valence-electron chi connectivity index (χ3n) is 2.28. The molecule has 0 unspecified atom stereocenters. The predicted octanol–water partition coefficient (Wildman–Crippen LogP) is 4.67. The van der Waals surface area contributed by atoms with Crippen LogP contribution in [-0.2, 0) is 6.42 Å². The van der Waals surface area contributed by atoms with E-state index in [1.807, 2.05) is 0 Å². The second-order valence-corrected chi connectivity index (χ2v) is 4.63. The molecule has 17 heavy (non-hydrogen) atoms. The molecule has 0 radical (unpaired) electrons. The van der Waals surface area contributed by atoms with E-state index >= 15 is 0 Å². The number of hydrogen-bond donors (Lipinski definition) is 0. The van der Waals surface area contributed by atoms with Crippen molar-refractivity contribution in [2.45, 2.75) is 6.42 Å². The zero-order chi connectivity index (χ0) is 12.4. The van der Waals surface area contributed by atoms with Gasteiger partial charge in [0.2, 0.25) is 5.22 Å². The van der Waals surface area contributed by atoms with Gasteiger partial charge in [0.05, 0.1) is 11.8 Å². The van der Waals surface area contributed by atoms with Gasteiger partial charge in [-0.2, -0.15) is 0 Å². The maximum atomic E-state index is 11.9. The molecule has 5 heteroatoms. The number of furan rings is 1. The van der Waals surface area contributed by atoms with Gasteiger partial charge in [-0.05, 0) is 41.4 Å². The number of rotatable bonds is 3. The Morgan fingerprint density at radius 2 is 1.94 bits per heavy atom. The fraction of sp³-hybridized carbons (Fsp3) is 0.0833. The second-order valence-electron chi connectivity index (χ2n) is 3.44. The quantitative estimate of drug-likeness (QED) is 0.769. The van der Waals surface area contributed by atoms with E-state index in [0.717, 1.165) is 0 Å². The van der Waals surface area contributed by atoms with Crippen LogP contribution in [0, 0.1) is 0 Å². The molecule has 0 aliphatic rings. The van der Waals surface area contributed by atoms with Gasteiger partial charge >= 0.3 is 0 Å². The van der Waals surface area contributed by atoms with Gasteiger partial charge in [0, 0.05) is 16.5 Å². The molecule has 1 aromatic carbocycles. The first-order valence-corrected chi connectivity index (χ1v) is 5.91. The zero-order valence-electron chi connectivity index (χ0n) is 8.54. The van der Waals surface area contributed by atoms with E-state index in [9.17, 15) is 4.79 Å². The molecule has 1 aromatic heterocycles. The number of hydrogen-bond acceptors (Lipinski definition) is 2. The Labute approximate surface area is 113 Å². The molecule has 0 amide bonds. The van der Waals surface area contributed by atoms with Crippen molar-refractivity contribution in [3.63, 3.8) is 0 Å². The summed E-state index contributed by atoms with van der Waals surface area (Å²) < 4.78 is 4.86. The Morgan fingerprint density at radius 3 is 2.59 bits per heavy atom. The molecule has 0 fully saturated rings. The summed E-state index contributed by atoms with van der Waals surface area (Å²) in [7, 11) is 0. The third-order valence-corrected chi connectivity index (χ3v) is 3.17. The Morgan fingerprint density at radius 1 is 1.18 bits per heavy atom. The van der Waals surface area contributed by atoms with Crippen molar-refractivity contribution in [1.82, 2.24) is 0 Å². The highest BCUT2D eigenvalue weighted by molar-refractivity contribution is 6.34. The SMILES string of the molecule is O=C(Cc1cc(Cl)ccc1Cl)c1ccoc1Cl. The highest BCUT2D eigenvalue weighted by Crippen LogP contribution is 2.24. The summed E-state index contributed by atoms with van der Waals surface area (Å²) in [6.45, 7) is 0. The minimum Gasteiger partial charge on any atom is -0.452 e. The van der Waals surface area contributed by atoms with E-state index in [-0.39, 0.29) is 17.4 Å². The molecule has 2 rings (SSSR count). The maximum absolute atomic E-state index is 11.9. The lowest BCUT2D eigenvalue weighted by molar-refractivity contribution is 0.0992. The van der Waals surface area contributed by atoms with Crippen LogP contribution in [0.5, 0.6) is 0 Å². The zero-order valence-corrected chi connectivity index (χ0v) is 10.8. The van der Waals surface area contributed by atoms with Gasteiger partial charge in [0.15, 0.2) is 5.78 Å². The molecule has 1 heterocycles. The van der Waals surface area contributed by atoms with Crippen LogP contribution < -0.4 is 0 Å². The highest BCUT2D eigenvalue weighted by atomic mass is 35.5. The van der Waals surface area contributed by atoms with Crippen LogP contribution in [0.2, 0.25) is 15.3 Å². The van der Waals surface area contributed by atoms with Crippen LogP contribution >= 0.6 is 34.8 Å². The summed E-state index contributed by atoms with van der Waals surface area (Å²) in [5.41, 5.74) is 1.02. The molecule has 0 N–H and O–H groups in total. The van der Waals surface area contributed by atoms with Crippen molar-refractivity contribution in [3.05, 3.63) is 56.9 Å². The van der Waals surface area contributed by atoms with E-state index in [1.165, 1.54) is 12.3 Å². The number of ketones is 1. The number of carbonyl (C=O) groups excluding carboxylic acids is 1. The smallest absolute Gasteiger partial charge is 0.203 e. The van der Waals surface area contributed by atoms with Crippen molar-refractivity contribution in [3.8, 4) is 0 Å². The largest absolute Gasteiger partial charge is 0.452 e. The summed E-state index contributed by atoms with van der Waals surface area (Å²) in [4.78, 5) is 11.9. The normalized spacial score (nSPS) is 10.5. The van der Waals surface area contributed by atoms with E-state index < -0.39 is 0 Å². The first kappa shape index (κ1) is 12.5. The Kier molecular flexibility index (Phi) is 3.77.